The molecule has 1 saturated heterocycles. The molecule has 0 bridgehead atoms. The van der Waals surface area contributed by atoms with Crippen molar-refractivity contribution < 1.29 is 13.2 Å². The van der Waals surface area contributed by atoms with Gasteiger partial charge in [-0.1, -0.05) is 12.1 Å². The monoisotopic (exact) mass is 362 g/mol. The van der Waals surface area contributed by atoms with E-state index in [-0.39, 0.29) is 11.9 Å². The van der Waals surface area contributed by atoms with Crippen LogP contribution in [0.1, 0.15) is 12.8 Å². The molecule has 2 N–H and O–H groups in total. The maximum absolute atomic E-state index is 12.6. The molecular weight excluding hydrogens is 340 g/mol. The number of hydrogen-bond donors (Lipinski definition) is 2. The average Bonchev–Trinajstić information content (AvgIpc) is 2.60. The molecule has 0 unspecified atom stereocenters. The molecule has 0 aliphatic carbocycles. The van der Waals surface area contributed by atoms with Crippen LogP contribution in [0.3, 0.4) is 0 Å². The number of benzene rings is 1. The third-order valence-electron chi connectivity index (χ3n) is 4.36. The number of carbonyl (C=O) groups excluding carboxylic acids is 1. The second kappa shape index (κ2) is 7.37. The summed E-state index contributed by atoms with van der Waals surface area (Å²) in [5, 5.41) is 4.88. The molecule has 0 saturated carbocycles. The number of hydrogen-bond acceptors (Lipinski definition) is 4. The van der Waals surface area contributed by atoms with Crippen LogP contribution in [0, 0.1) is 5.92 Å². The Bertz CT molecular complexity index is 864. The van der Waals surface area contributed by atoms with E-state index in [4.69, 9.17) is 0 Å². The Morgan fingerprint density at radius 2 is 2.20 bits per heavy atom. The lowest BCUT2D eigenvalue weighted by Crippen LogP contribution is -2.45. The van der Waals surface area contributed by atoms with Crippen molar-refractivity contribution >= 4 is 32.5 Å². The zero-order valence-corrected chi connectivity index (χ0v) is 14.9. The standard InChI is InChI=1S/C17H22N4O3S/c1-25(23,24)19-10-13-4-3-9-21(12-13)17(22)20-16-6-2-5-14-11-18-8-7-15(14)16/h2,5-8,11,13,19H,3-4,9-10,12H2,1H3,(H,20,22)/t13-/m1/s1. The SMILES string of the molecule is CS(=O)(=O)NC[C@H]1CCCN(C(=O)Nc2cccc3cnccc23)C1. The zero-order valence-electron chi connectivity index (χ0n) is 14.1. The Morgan fingerprint density at radius 3 is 3.00 bits per heavy atom. The van der Waals surface area contributed by atoms with E-state index >= 15 is 0 Å². The first-order valence-electron chi connectivity index (χ1n) is 8.26. The van der Waals surface area contributed by atoms with Gasteiger partial charge >= 0.3 is 6.03 Å². The summed E-state index contributed by atoms with van der Waals surface area (Å²) in [6.07, 6.45) is 6.38. The van der Waals surface area contributed by atoms with Crippen LogP contribution in [-0.2, 0) is 10.0 Å². The van der Waals surface area contributed by atoms with Crippen LogP contribution in [-0.4, -0.2) is 50.2 Å². The molecular formula is C17H22N4O3S. The number of sulfonamides is 1. The van der Waals surface area contributed by atoms with Crippen molar-refractivity contribution in [2.45, 2.75) is 12.8 Å². The zero-order chi connectivity index (χ0) is 17.9. The van der Waals surface area contributed by atoms with E-state index in [9.17, 15) is 13.2 Å². The third-order valence-corrected chi connectivity index (χ3v) is 5.05. The number of carbonyl (C=O) groups is 1. The number of nitrogens with one attached hydrogen (secondary N) is 2. The second-order valence-corrected chi connectivity index (χ2v) is 8.24. The van der Waals surface area contributed by atoms with Gasteiger partial charge in [-0.25, -0.2) is 17.9 Å². The van der Waals surface area contributed by atoms with Crippen LogP contribution in [0.15, 0.2) is 36.7 Å². The van der Waals surface area contributed by atoms with Crippen molar-refractivity contribution in [3.63, 3.8) is 0 Å². The van der Waals surface area contributed by atoms with Gasteiger partial charge in [0.05, 0.1) is 11.9 Å². The Balaban J connectivity index is 1.66. The van der Waals surface area contributed by atoms with Gasteiger partial charge in [0.25, 0.3) is 0 Å². The number of rotatable bonds is 4. The molecule has 2 amide bonds. The number of likely N-dealkylation sites (tertiary alicyclic amines) is 1. The van der Waals surface area contributed by atoms with Gasteiger partial charge in [0.1, 0.15) is 0 Å². The minimum absolute atomic E-state index is 0.131. The number of anilines is 1. The highest BCUT2D eigenvalue weighted by Gasteiger charge is 2.24. The van der Waals surface area contributed by atoms with Gasteiger partial charge in [-0.3, -0.25) is 4.98 Å². The molecule has 1 aliphatic rings. The number of piperidine rings is 1. The lowest BCUT2D eigenvalue weighted by molar-refractivity contribution is 0.178. The van der Waals surface area contributed by atoms with E-state index in [1.165, 1.54) is 0 Å². The predicted molar refractivity (Wildman–Crippen MR) is 97.9 cm³/mol. The smallest absolute Gasteiger partial charge is 0.321 e. The number of pyridine rings is 1. The molecule has 1 fully saturated rings. The van der Waals surface area contributed by atoms with Gasteiger partial charge in [-0.05, 0) is 30.9 Å². The summed E-state index contributed by atoms with van der Waals surface area (Å²) in [4.78, 5) is 18.5. The van der Waals surface area contributed by atoms with Crippen LogP contribution in [0.2, 0.25) is 0 Å². The Hall–Kier alpha value is -2.19. The molecule has 134 valence electrons. The van der Waals surface area contributed by atoms with Gasteiger partial charge in [0.15, 0.2) is 0 Å². The maximum atomic E-state index is 12.6. The molecule has 1 aromatic carbocycles. The summed E-state index contributed by atoms with van der Waals surface area (Å²) in [6, 6.07) is 7.42. The lowest BCUT2D eigenvalue weighted by atomic mass is 9.99. The summed E-state index contributed by atoms with van der Waals surface area (Å²) < 4.78 is 25.0. The summed E-state index contributed by atoms with van der Waals surface area (Å²) in [6.45, 7) is 1.58. The van der Waals surface area contributed by atoms with Gasteiger partial charge in [0.2, 0.25) is 10.0 Å². The van der Waals surface area contributed by atoms with Crippen LogP contribution >= 0.6 is 0 Å². The van der Waals surface area contributed by atoms with Crippen molar-refractivity contribution in [3.8, 4) is 0 Å². The number of fused-ring (bicyclic) bond motifs is 1. The first-order valence-corrected chi connectivity index (χ1v) is 10.1. The van der Waals surface area contributed by atoms with E-state index in [0.29, 0.717) is 19.6 Å². The quantitative estimate of drug-likeness (QED) is 0.870. The fraction of sp³-hybridized carbons (Fsp3) is 0.412. The molecule has 8 heteroatoms. The van der Waals surface area contributed by atoms with Crippen LogP contribution < -0.4 is 10.0 Å². The number of amides is 2. The molecule has 25 heavy (non-hydrogen) atoms. The van der Waals surface area contributed by atoms with Gasteiger partial charge < -0.3 is 10.2 Å². The molecule has 2 heterocycles. The first-order chi connectivity index (χ1) is 11.9. The van der Waals surface area contributed by atoms with Crippen molar-refractivity contribution in [3.05, 3.63) is 36.7 Å². The van der Waals surface area contributed by atoms with Gasteiger partial charge in [-0.15, -0.1) is 0 Å². The third kappa shape index (κ3) is 4.67. The number of nitrogens with zero attached hydrogens (tertiary/aromatic N) is 2. The number of aromatic nitrogens is 1. The van der Waals surface area contributed by atoms with Crippen LogP contribution in [0.5, 0.6) is 0 Å². The van der Waals surface area contributed by atoms with E-state index < -0.39 is 10.0 Å². The summed E-state index contributed by atoms with van der Waals surface area (Å²) in [7, 11) is -3.21. The molecule has 1 atom stereocenters. The topological polar surface area (TPSA) is 91.4 Å². The molecule has 7 nitrogen and oxygen atoms in total. The lowest BCUT2D eigenvalue weighted by Gasteiger charge is -2.32. The number of urea groups is 1. The minimum Gasteiger partial charge on any atom is -0.324 e. The van der Waals surface area contributed by atoms with Gasteiger partial charge in [0, 0.05) is 42.8 Å². The van der Waals surface area contributed by atoms with E-state index in [1.54, 1.807) is 17.3 Å². The van der Waals surface area contributed by atoms with E-state index in [1.807, 2.05) is 24.3 Å². The van der Waals surface area contributed by atoms with E-state index in [2.05, 4.69) is 15.0 Å². The van der Waals surface area contributed by atoms with E-state index in [0.717, 1.165) is 35.6 Å². The Kier molecular flexibility index (Phi) is 5.19. The van der Waals surface area contributed by atoms with Crippen molar-refractivity contribution in [2.75, 3.05) is 31.2 Å². The molecule has 2 aromatic rings. The maximum Gasteiger partial charge on any atom is 0.321 e. The molecule has 3 rings (SSSR count). The summed E-state index contributed by atoms with van der Waals surface area (Å²) in [5.74, 6) is 0.131. The highest BCUT2D eigenvalue weighted by Crippen LogP contribution is 2.23. The average molecular weight is 362 g/mol. The fourth-order valence-electron chi connectivity index (χ4n) is 3.11. The fourth-order valence-corrected chi connectivity index (χ4v) is 3.65. The van der Waals surface area contributed by atoms with Crippen molar-refractivity contribution in [2.24, 2.45) is 5.92 Å². The summed E-state index contributed by atoms with van der Waals surface area (Å²) in [5.41, 5.74) is 0.751. The molecule has 1 aromatic heterocycles. The van der Waals surface area contributed by atoms with Crippen LogP contribution in [0.4, 0.5) is 10.5 Å². The van der Waals surface area contributed by atoms with Crippen molar-refractivity contribution in [1.82, 2.24) is 14.6 Å². The molecule has 0 spiro atoms. The highest BCUT2D eigenvalue weighted by atomic mass is 32.2. The normalized spacial score (nSPS) is 18.3. The summed E-state index contributed by atoms with van der Waals surface area (Å²) >= 11 is 0. The Morgan fingerprint density at radius 1 is 1.36 bits per heavy atom. The van der Waals surface area contributed by atoms with Crippen molar-refractivity contribution in [1.29, 1.82) is 0 Å². The highest BCUT2D eigenvalue weighted by molar-refractivity contribution is 7.88. The predicted octanol–water partition coefficient (Wildman–Crippen LogP) is 2.03. The first kappa shape index (κ1) is 17.6. The second-order valence-electron chi connectivity index (χ2n) is 6.41. The van der Waals surface area contributed by atoms with Gasteiger partial charge in [-0.2, -0.15) is 0 Å². The Labute approximate surface area is 147 Å². The molecule has 0 radical (unpaired) electrons. The largest absolute Gasteiger partial charge is 0.324 e. The van der Waals surface area contributed by atoms with Crippen LogP contribution in [0.25, 0.3) is 10.8 Å². The minimum atomic E-state index is -3.21. The molecule has 1 aliphatic heterocycles.